The van der Waals surface area contributed by atoms with Gasteiger partial charge in [-0.25, -0.2) is 13.6 Å². The highest BCUT2D eigenvalue weighted by Crippen LogP contribution is 2.16. The molecule has 1 aliphatic heterocycles. The zero-order valence-corrected chi connectivity index (χ0v) is 14.1. The number of hydrogen-bond acceptors (Lipinski definition) is 3. The van der Waals surface area contributed by atoms with E-state index in [0.29, 0.717) is 32.1 Å². The number of amides is 2. The molecule has 0 saturated carbocycles. The Balaban J connectivity index is 2.02. The number of halogens is 2. The van der Waals surface area contributed by atoms with E-state index >= 15 is 0 Å². The van der Waals surface area contributed by atoms with Gasteiger partial charge in [-0.2, -0.15) is 0 Å². The van der Waals surface area contributed by atoms with Crippen LogP contribution in [0, 0.1) is 11.6 Å². The van der Waals surface area contributed by atoms with Crippen LogP contribution in [-0.2, 0) is 4.74 Å². The Kier molecular flexibility index (Phi) is 5.41. The van der Waals surface area contributed by atoms with Gasteiger partial charge in [0.2, 0.25) is 0 Å². The number of hydrogen-bond donors (Lipinski definition) is 0. The fraction of sp³-hybridized carbons (Fsp3) is 0.529. The van der Waals surface area contributed by atoms with E-state index in [1.165, 1.54) is 4.90 Å². The molecule has 1 fully saturated rings. The summed E-state index contributed by atoms with van der Waals surface area (Å²) in [5.41, 5.74) is -0.752. The van der Waals surface area contributed by atoms with Crippen LogP contribution in [-0.4, -0.2) is 53.6 Å². The average Bonchev–Trinajstić information content (AvgIpc) is 2.70. The SMILES string of the molecule is CC(C)(C)OC(=O)N1CCCN(C(=O)c2ccc(F)cc2F)CC1. The highest BCUT2D eigenvalue weighted by Gasteiger charge is 2.27. The van der Waals surface area contributed by atoms with Crippen LogP contribution >= 0.6 is 0 Å². The smallest absolute Gasteiger partial charge is 0.410 e. The molecule has 0 N–H and O–H groups in total. The highest BCUT2D eigenvalue weighted by molar-refractivity contribution is 5.94. The van der Waals surface area contributed by atoms with Crippen molar-refractivity contribution in [2.45, 2.75) is 32.8 Å². The molecule has 0 bridgehead atoms. The van der Waals surface area contributed by atoms with E-state index in [1.54, 1.807) is 25.7 Å². The summed E-state index contributed by atoms with van der Waals surface area (Å²) in [5.74, 6) is -2.11. The molecule has 2 amide bonds. The Hall–Kier alpha value is -2.18. The van der Waals surface area contributed by atoms with Gasteiger partial charge in [0.05, 0.1) is 5.56 Å². The van der Waals surface area contributed by atoms with Crippen LogP contribution in [0.1, 0.15) is 37.6 Å². The van der Waals surface area contributed by atoms with Crippen molar-refractivity contribution in [3.8, 4) is 0 Å². The molecule has 0 spiro atoms. The van der Waals surface area contributed by atoms with Crippen LogP contribution in [0.2, 0.25) is 0 Å². The van der Waals surface area contributed by atoms with E-state index < -0.39 is 29.2 Å². The second kappa shape index (κ2) is 7.15. The van der Waals surface area contributed by atoms with Gasteiger partial charge in [0, 0.05) is 32.2 Å². The molecule has 0 atom stereocenters. The topological polar surface area (TPSA) is 49.9 Å². The van der Waals surface area contributed by atoms with Gasteiger partial charge >= 0.3 is 6.09 Å². The third kappa shape index (κ3) is 4.66. The van der Waals surface area contributed by atoms with Crippen molar-refractivity contribution >= 4 is 12.0 Å². The zero-order valence-electron chi connectivity index (χ0n) is 14.1. The Labute approximate surface area is 140 Å². The van der Waals surface area contributed by atoms with E-state index in [0.717, 1.165) is 12.1 Å². The van der Waals surface area contributed by atoms with Gasteiger partial charge in [-0.05, 0) is 39.3 Å². The lowest BCUT2D eigenvalue weighted by Crippen LogP contribution is -2.40. The second-order valence-corrected chi connectivity index (χ2v) is 6.74. The van der Waals surface area contributed by atoms with Crippen LogP contribution in [0.15, 0.2) is 18.2 Å². The molecular formula is C17H22F2N2O3. The van der Waals surface area contributed by atoms with E-state index in [-0.39, 0.29) is 12.1 Å². The summed E-state index contributed by atoms with van der Waals surface area (Å²) in [6.45, 7) is 6.81. The van der Waals surface area contributed by atoms with Crippen LogP contribution in [0.5, 0.6) is 0 Å². The lowest BCUT2D eigenvalue weighted by Gasteiger charge is -2.26. The van der Waals surface area contributed by atoms with Crippen molar-refractivity contribution in [3.05, 3.63) is 35.4 Å². The predicted octanol–water partition coefficient (Wildman–Crippen LogP) is 3.05. The molecule has 2 rings (SSSR count). The number of rotatable bonds is 1. The molecule has 1 aromatic rings. The summed E-state index contributed by atoms with van der Waals surface area (Å²) < 4.78 is 32.1. The number of carbonyl (C=O) groups is 2. The maximum absolute atomic E-state index is 13.8. The summed E-state index contributed by atoms with van der Waals surface area (Å²) in [6, 6.07) is 2.89. The Bertz CT molecular complexity index is 629. The summed E-state index contributed by atoms with van der Waals surface area (Å²) >= 11 is 0. The third-order valence-corrected chi connectivity index (χ3v) is 3.60. The average molecular weight is 340 g/mol. The number of carbonyl (C=O) groups excluding carboxylic acids is 2. The first-order chi connectivity index (χ1) is 11.2. The number of nitrogens with zero attached hydrogens (tertiary/aromatic N) is 2. The Morgan fingerprint density at radius 3 is 2.29 bits per heavy atom. The largest absolute Gasteiger partial charge is 0.444 e. The van der Waals surface area contributed by atoms with Gasteiger partial charge in [0.1, 0.15) is 17.2 Å². The fourth-order valence-electron chi connectivity index (χ4n) is 2.46. The molecule has 1 heterocycles. The van der Waals surface area contributed by atoms with Gasteiger partial charge in [-0.15, -0.1) is 0 Å². The minimum absolute atomic E-state index is 0.165. The summed E-state index contributed by atoms with van der Waals surface area (Å²) in [5, 5.41) is 0. The van der Waals surface area contributed by atoms with Gasteiger partial charge in [0.25, 0.3) is 5.91 Å². The van der Waals surface area contributed by atoms with Gasteiger partial charge < -0.3 is 14.5 Å². The van der Waals surface area contributed by atoms with Crippen LogP contribution < -0.4 is 0 Å². The summed E-state index contributed by atoms with van der Waals surface area (Å²) in [7, 11) is 0. The first-order valence-corrected chi connectivity index (χ1v) is 7.89. The molecule has 0 unspecified atom stereocenters. The standard InChI is InChI=1S/C17H22F2N2O3/c1-17(2,3)24-16(23)21-8-4-7-20(9-10-21)15(22)13-6-5-12(18)11-14(13)19/h5-6,11H,4,7-10H2,1-3H3. The number of ether oxygens (including phenoxy) is 1. The van der Waals surface area contributed by atoms with Gasteiger partial charge in [-0.1, -0.05) is 0 Å². The van der Waals surface area contributed by atoms with Crippen molar-refractivity contribution < 1.29 is 23.1 Å². The monoisotopic (exact) mass is 340 g/mol. The molecule has 0 aliphatic carbocycles. The first-order valence-electron chi connectivity index (χ1n) is 7.89. The second-order valence-electron chi connectivity index (χ2n) is 6.74. The van der Waals surface area contributed by atoms with Gasteiger partial charge in [0.15, 0.2) is 0 Å². The van der Waals surface area contributed by atoms with Crippen LogP contribution in [0.4, 0.5) is 13.6 Å². The maximum atomic E-state index is 13.8. The van der Waals surface area contributed by atoms with Crippen molar-refractivity contribution in [2.24, 2.45) is 0 Å². The molecule has 0 radical (unpaired) electrons. The highest BCUT2D eigenvalue weighted by atomic mass is 19.1. The molecule has 24 heavy (non-hydrogen) atoms. The third-order valence-electron chi connectivity index (χ3n) is 3.60. The molecule has 132 valence electrons. The van der Waals surface area contributed by atoms with Crippen molar-refractivity contribution in [3.63, 3.8) is 0 Å². The molecular weight excluding hydrogens is 318 g/mol. The normalized spacial score (nSPS) is 15.9. The number of benzene rings is 1. The molecule has 0 aromatic heterocycles. The van der Waals surface area contributed by atoms with Gasteiger partial charge in [-0.3, -0.25) is 4.79 Å². The molecule has 1 saturated heterocycles. The lowest BCUT2D eigenvalue weighted by atomic mass is 10.1. The summed E-state index contributed by atoms with van der Waals surface area (Å²) in [4.78, 5) is 27.5. The zero-order chi connectivity index (χ0) is 17.9. The molecule has 1 aliphatic rings. The Morgan fingerprint density at radius 1 is 1.04 bits per heavy atom. The van der Waals surface area contributed by atoms with Crippen LogP contribution in [0.3, 0.4) is 0 Å². The minimum Gasteiger partial charge on any atom is -0.444 e. The minimum atomic E-state index is -0.881. The van der Waals surface area contributed by atoms with E-state index in [4.69, 9.17) is 4.74 Å². The predicted molar refractivity (Wildman–Crippen MR) is 84.7 cm³/mol. The molecule has 1 aromatic carbocycles. The quantitative estimate of drug-likeness (QED) is 0.789. The maximum Gasteiger partial charge on any atom is 0.410 e. The molecule has 7 heteroatoms. The molecule has 5 nitrogen and oxygen atoms in total. The van der Waals surface area contributed by atoms with E-state index in [2.05, 4.69) is 0 Å². The van der Waals surface area contributed by atoms with Crippen LogP contribution in [0.25, 0.3) is 0 Å². The van der Waals surface area contributed by atoms with Crippen molar-refractivity contribution in [1.82, 2.24) is 9.80 Å². The fourth-order valence-corrected chi connectivity index (χ4v) is 2.46. The van der Waals surface area contributed by atoms with Crippen molar-refractivity contribution in [1.29, 1.82) is 0 Å². The van der Waals surface area contributed by atoms with E-state index in [9.17, 15) is 18.4 Å². The summed E-state index contributed by atoms with van der Waals surface area (Å²) in [6.07, 6.45) is 0.137. The Morgan fingerprint density at radius 2 is 1.67 bits per heavy atom. The van der Waals surface area contributed by atoms with E-state index in [1.807, 2.05) is 0 Å². The first kappa shape index (κ1) is 18.2. The lowest BCUT2D eigenvalue weighted by molar-refractivity contribution is 0.0255. The van der Waals surface area contributed by atoms with Crippen molar-refractivity contribution in [2.75, 3.05) is 26.2 Å².